The Hall–Kier alpha value is -2.14. The molecule has 1 aromatic carbocycles. The van der Waals surface area contributed by atoms with Crippen LogP contribution in [-0.2, 0) is 9.59 Å². The summed E-state index contributed by atoms with van der Waals surface area (Å²) in [6, 6.07) is 8.10. The first kappa shape index (κ1) is 20.1. The molecule has 2 aliphatic heterocycles. The van der Waals surface area contributed by atoms with Gasteiger partial charge in [0.1, 0.15) is 5.70 Å². The van der Waals surface area contributed by atoms with Gasteiger partial charge >= 0.3 is 0 Å². The molecule has 5 nitrogen and oxygen atoms in total. The summed E-state index contributed by atoms with van der Waals surface area (Å²) in [6.45, 7) is 8.72. The van der Waals surface area contributed by atoms with Gasteiger partial charge in [0.05, 0.1) is 5.57 Å². The van der Waals surface area contributed by atoms with Gasteiger partial charge in [0.25, 0.3) is 11.8 Å². The minimum absolute atomic E-state index is 0.0485. The molecule has 0 N–H and O–H groups in total. The van der Waals surface area contributed by atoms with E-state index >= 15 is 0 Å². The standard InChI is InChI=1S/C24H33N3O2/c1-3-25-14-16-26(17-15-25)22-21(19-12-10-18(2)11-13-19)23(28)27(24(22)29)20-8-6-4-5-7-9-20/h10-13,20H,3-9,14-17H2,1-2H3. The zero-order valence-corrected chi connectivity index (χ0v) is 17.8. The number of aryl methyl sites for hydroxylation is 1. The molecule has 2 fully saturated rings. The van der Waals surface area contributed by atoms with Crippen molar-refractivity contribution in [2.24, 2.45) is 0 Å². The summed E-state index contributed by atoms with van der Waals surface area (Å²) < 4.78 is 0. The maximum absolute atomic E-state index is 13.6. The third-order valence-corrected chi connectivity index (χ3v) is 6.76. The Bertz CT molecular complexity index is 783. The second-order valence-corrected chi connectivity index (χ2v) is 8.64. The fourth-order valence-electron chi connectivity index (χ4n) is 4.94. The number of carbonyl (C=O) groups is 2. The van der Waals surface area contributed by atoms with Crippen LogP contribution in [0.3, 0.4) is 0 Å². The summed E-state index contributed by atoms with van der Waals surface area (Å²) in [6.07, 6.45) is 6.50. The second-order valence-electron chi connectivity index (χ2n) is 8.64. The van der Waals surface area contributed by atoms with Crippen molar-refractivity contribution < 1.29 is 9.59 Å². The monoisotopic (exact) mass is 395 g/mol. The lowest BCUT2D eigenvalue weighted by molar-refractivity contribution is -0.140. The van der Waals surface area contributed by atoms with Crippen molar-refractivity contribution in [3.8, 4) is 0 Å². The zero-order chi connectivity index (χ0) is 20.4. The fraction of sp³-hybridized carbons (Fsp3) is 0.583. The van der Waals surface area contributed by atoms with Crippen molar-refractivity contribution in [3.63, 3.8) is 0 Å². The first-order valence-corrected chi connectivity index (χ1v) is 11.3. The topological polar surface area (TPSA) is 43.9 Å². The molecule has 0 atom stereocenters. The molecule has 2 heterocycles. The molecule has 3 aliphatic rings. The van der Waals surface area contributed by atoms with Gasteiger partial charge in [-0.05, 0) is 31.9 Å². The summed E-state index contributed by atoms with van der Waals surface area (Å²) in [4.78, 5) is 33.4. The van der Waals surface area contributed by atoms with E-state index in [0.29, 0.717) is 11.3 Å². The highest BCUT2D eigenvalue weighted by atomic mass is 16.2. The minimum atomic E-state index is -0.0846. The van der Waals surface area contributed by atoms with E-state index in [-0.39, 0.29) is 17.9 Å². The van der Waals surface area contributed by atoms with Crippen molar-refractivity contribution in [2.45, 2.75) is 58.4 Å². The molecule has 2 amide bonds. The second kappa shape index (κ2) is 8.70. The van der Waals surface area contributed by atoms with E-state index < -0.39 is 0 Å². The first-order valence-electron chi connectivity index (χ1n) is 11.3. The number of likely N-dealkylation sites (N-methyl/N-ethyl adjacent to an activating group) is 1. The average Bonchev–Trinajstić information content (AvgIpc) is 2.90. The van der Waals surface area contributed by atoms with E-state index in [0.717, 1.165) is 69.5 Å². The normalized spacial score (nSPS) is 22.6. The van der Waals surface area contributed by atoms with E-state index in [1.807, 2.05) is 31.2 Å². The van der Waals surface area contributed by atoms with Gasteiger partial charge in [0, 0.05) is 32.2 Å². The zero-order valence-electron chi connectivity index (χ0n) is 17.8. The lowest BCUT2D eigenvalue weighted by atomic mass is 10.0. The molecule has 29 heavy (non-hydrogen) atoms. The summed E-state index contributed by atoms with van der Waals surface area (Å²) in [5.41, 5.74) is 3.28. The van der Waals surface area contributed by atoms with Crippen LogP contribution in [-0.4, -0.2) is 65.3 Å². The number of rotatable bonds is 4. The quantitative estimate of drug-likeness (QED) is 0.579. The maximum Gasteiger partial charge on any atom is 0.278 e. The number of imide groups is 1. The SMILES string of the molecule is CCN1CCN(C2=C(c3ccc(C)cc3)C(=O)N(C3CCCCCC3)C2=O)CC1. The smallest absolute Gasteiger partial charge is 0.278 e. The van der Waals surface area contributed by atoms with Crippen molar-refractivity contribution in [2.75, 3.05) is 32.7 Å². The van der Waals surface area contributed by atoms with Gasteiger partial charge in [0.2, 0.25) is 0 Å². The third-order valence-electron chi connectivity index (χ3n) is 6.76. The minimum Gasteiger partial charge on any atom is -0.364 e. The highest BCUT2D eigenvalue weighted by Gasteiger charge is 2.45. The van der Waals surface area contributed by atoms with Gasteiger partial charge in [-0.25, -0.2) is 0 Å². The molecule has 0 spiro atoms. The Morgan fingerprint density at radius 2 is 1.48 bits per heavy atom. The predicted molar refractivity (Wildman–Crippen MR) is 115 cm³/mol. The molecule has 156 valence electrons. The van der Waals surface area contributed by atoms with Crippen LogP contribution in [0.5, 0.6) is 0 Å². The Morgan fingerprint density at radius 3 is 2.07 bits per heavy atom. The number of hydrogen-bond donors (Lipinski definition) is 0. The number of piperazine rings is 1. The largest absolute Gasteiger partial charge is 0.364 e. The molecule has 5 heteroatoms. The van der Waals surface area contributed by atoms with Crippen LogP contribution in [0, 0.1) is 6.92 Å². The van der Waals surface area contributed by atoms with Crippen LogP contribution < -0.4 is 0 Å². The maximum atomic E-state index is 13.6. The molecule has 1 saturated heterocycles. The Kier molecular flexibility index (Phi) is 6.04. The summed E-state index contributed by atoms with van der Waals surface area (Å²) >= 11 is 0. The van der Waals surface area contributed by atoms with E-state index in [9.17, 15) is 9.59 Å². The van der Waals surface area contributed by atoms with Crippen molar-refractivity contribution >= 4 is 17.4 Å². The summed E-state index contributed by atoms with van der Waals surface area (Å²) in [7, 11) is 0. The van der Waals surface area contributed by atoms with Crippen LogP contribution in [0.2, 0.25) is 0 Å². The molecule has 1 saturated carbocycles. The number of benzene rings is 1. The molecular weight excluding hydrogens is 362 g/mol. The summed E-state index contributed by atoms with van der Waals surface area (Å²) in [5.74, 6) is -0.152. The molecule has 1 aromatic rings. The molecule has 0 radical (unpaired) electrons. The Labute approximate surface area is 174 Å². The Balaban J connectivity index is 1.70. The van der Waals surface area contributed by atoms with Crippen molar-refractivity contribution in [1.82, 2.24) is 14.7 Å². The predicted octanol–water partition coefficient (Wildman–Crippen LogP) is 3.44. The molecular formula is C24H33N3O2. The van der Waals surface area contributed by atoms with Crippen LogP contribution in [0.4, 0.5) is 0 Å². The molecule has 0 bridgehead atoms. The average molecular weight is 396 g/mol. The first-order chi connectivity index (χ1) is 14.1. The van der Waals surface area contributed by atoms with Crippen LogP contribution in [0.1, 0.15) is 56.6 Å². The number of carbonyl (C=O) groups excluding carboxylic acids is 2. The van der Waals surface area contributed by atoms with Crippen LogP contribution >= 0.6 is 0 Å². The molecule has 0 aromatic heterocycles. The van der Waals surface area contributed by atoms with Crippen LogP contribution in [0.15, 0.2) is 30.0 Å². The number of nitrogens with zero attached hydrogens (tertiary/aromatic N) is 3. The summed E-state index contributed by atoms with van der Waals surface area (Å²) in [5, 5.41) is 0. The van der Waals surface area contributed by atoms with Crippen LogP contribution in [0.25, 0.3) is 5.57 Å². The molecule has 0 unspecified atom stereocenters. The fourth-order valence-corrected chi connectivity index (χ4v) is 4.94. The molecule has 1 aliphatic carbocycles. The lowest BCUT2D eigenvalue weighted by Gasteiger charge is -2.36. The van der Waals surface area contributed by atoms with E-state index in [2.05, 4.69) is 16.7 Å². The van der Waals surface area contributed by atoms with Gasteiger partial charge in [0.15, 0.2) is 0 Å². The van der Waals surface area contributed by atoms with E-state index in [1.54, 1.807) is 4.90 Å². The third kappa shape index (κ3) is 3.97. The Morgan fingerprint density at radius 1 is 0.862 bits per heavy atom. The highest BCUT2D eigenvalue weighted by Crippen LogP contribution is 2.36. The number of hydrogen-bond acceptors (Lipinski definition) is 4. The van der Waals surface area contributed by atoms with Gasteiger partial charge < -0.3 is 9.80 Å². The van der Waals surface area contributed by atoms with Gasteiger partial charge in [-0.3, -0.25) is 14.5 Å². The number of amides is 2. The lowest BCUT2D eigenvalue weighted by Crippen LogP contribution is -2.48. The van der Waals surface area contributed by atoms with E-state index in [4.69, 9.17) is 0 Å². The van der Waals surface area contributed by atoms with Gasteiger partial charge in [-0.1, -0.05) is 62.4 Å². The van der Waals surface area contributed by atoms with Crippen molar-refractivity contribution in [1.29, 1.82) is 0 Å². The van der Waals surface area contributed by atoms with E-state index in [1.165, 1.54) is 12.8 Å². The van der Waals surface area contributed by atoms with Gasteiger partial charge in [-0.2, -0.15) is 0 Å². The van der Waals surface area contributed by atoms with Crippen molar-refractivity contribution in [3.05, 3.63) is 41.1 Å². The van der Waals surface area contributed by atoms with Gasteiger partial charge in [-0.15, -0.1) is 0 Å². The highest BCUT2D eigenvalue weighted by molar-refractivity contribution is 6.35. The molecule has 4 rings (SSSR count).